The first-order chi connectivity index (χ1) is 13.1. The molecule has 0 unspecified atom stereocenters. The zero-order chi connectivity index (χ0) is 19.2. The molecule has 7 nitrogen and oxygen atoms in total. The van der Waals surface area contributed by atoms with Crippen LogP contribution in [-0.2, 0) is 17.8 Å². The summed E-state index contributed by atoms with van der Waals surface area (Å²) in [4.78, 5) is 26.2. The van der Waals surface area contributed by atoms with E-state index in [9.17, 15) is 9.59 Å². The van der Waals surface area contributed by atoms with Crippen molar-refractivity contribution in [3.8, 4) is 11.5 Å². The predicted octanol–water partition coefficient (Wildman–Crippen LogP) is 1.52. The first-order valence-corrected chi connectivity index (χ1v) is 8.71. The summed E-state index contributed by atoms with van der Waals surface area (Å²) in [6.07, 6.45) is 0.819. The van der Waals surface area contributed by atoms with Crippen LogP contribution >= 0.6 is 0 Å². The van der Waals surface area contributed by atoms with Crippen molar-refractivity contribution in [3.05, 3.63) is 59.2 Å². The van der Waals surface area contributed by atoms with Crippen LogP contribution in [0.4, 0.5) is 0 Å². The van der Waals surface area contributed by atoms with Gasteiger partial charge >= 0.3 is 0 Å². The molecule has 2 aromatic carbocycles. The molecule has 27 heavy (non-hydrogen) atoms. The van der Waals surface area contributed by atoms with Crippen molar-refractivity contribution in [3.63, 3.8) is 0 Å². The highest BCUT2D eigenvalue weighted by Gasteiger charge is 2.21. The zero-order valence-electron chi connectivity index (χ0n) is 15.5. The van der Waals surface area contributed by atoms with Gasteiger partial charge in [-0.1, -0.05) is 18.2 Å². The fourth-order valence-corrected chi connectivity index (χ4v) is 3.11. The van der Waals surface area contributed by atoms with Crippen molar-refractivity contribution in [2.45, 2.75) is 13.0 Å². The Morgan fingerprint density at radius 2 is 1.67 bits per heavy atom. The minimum Gasteiger partial charge on any atom is -0.493 e. The number of hydrazine groups is 1. The number of amides is 2. The summed E-state index contributed by atoms with van der Waals surface area (Å²) in [6, 6.07) is 12.7. The maximum absolute atomic E-state index is 12.2. The second-order valence-corrected chi connectivity index (χ2v) is 6.30. The van der Waals surface area contributed by atoms with E-state index >= 15 is 0 Å². The SMILES string of the molecule is COc1cc2c(cc1OC)CN(CC(=O)NNC(=O)c1ccccc1)CC2. The van der Waals surface area contributed by atoms with Crippen molar-refractivity contribution in [2.75, 3.05) is 27.3 Å². The molecule has 142 valence electrons. The predicted molar refractivity (Wildman–Crippen MR) is 101 cm³/mol. The fraction of sp³-hybridized carbons (Fsp3) is 0.300. The molecule has 0 bridgehead atoms. The first kappa shape index (κ1) is 18.7. The minimum absolute atomic E-state index is 0.197. The standard InChI is InChI=1S/C20H23N3O4/c1-26-17-10-15-8-9-23(12-16(15)11-18(17)27-2)13-19(24)21-22-20(25)14-6-4-3-5-7-14/h3-7,10-11H,8-9,12-13H2,1-2H3,(H,21,24)(H,22,25). The van der Waals surface area contributed by atoms with Gasteiger partial charge in [-0.05, 0) is 41.8 Å². The van der Waals surface area contributed by atoms with Gasteiger partial charge in [0.2, 0.25) is 0 Å². The normalized spacial score (nSPS) is 13.4. The maximum atomic E-state index is 12.2. The van der Waals surface area contributed by atoms with Gasteiger partial charge in [-0.3, -0.25) is 25.3 Å². The van der Waals surface area contributed by atoms with Crippen molar-refractivity contribution in [1.82, 2.24) is 15.8 Å². The summed E-state index contributed by atoms with van der Waals surface area (Å²) in [5, 5.41) is 0. The first-order valence-electron chi connectivity index (χ1n) is 8.71. The summed E-state index contributed by atoms with van der Waals surface area (Å²) in [5.41, 5.74) is 7.71. The Hall–Kier alpha value is -3.06. The molecule has 2 aromatic rings. The van der Waals surface area contributed by atoms with Gasteiger partial charge in [0.25, 0.3) is 11.8 Å². The molecule has 1 aliphatic rings. The molecule has 0 saturated carbocycles. The number of nitrogens with one attached hydrogen (secondary N) is 2. The number of methoxy groups -OCH3 is 2. The van der Waals surface area contributed by atoms with Crippen LogP contribution in [-0.4, -0.2) is 44.0 Å². The summed E-state index contributed by atoms with van der Waals surface area (Å²) in [7, 11) is 3.22. The number of carbonyl (C=O) groups excluding carboxylic acids is 2. The van der Waals surface area contributed by atoms with Gasteiger partial charge in [-0.2, -0.15) is 0 Å². The number of fused-ring (bicyclic) bond motifs is 1. The molecule has 0 radical (unpaired) electrons. The molecule has 1 heterocycles. The highest BCUT2D eigenvalue weighted by atomic mass is 16.5. The summed E-state index contributed by atoms with van der Waals surface area (Å²) >= 11 is 0. The van der Waals surface area contributed by atoms with Crippen LogP contribution in [0.1, 0.15) is 21.5 Å². The number of nitrogens with zero attached hydrogens (tertiary/aromatic N) is 1. The second-order valence-electron chi connectivity index (χ2n) is 6.30. The summed E-state index contributed by atoms with van der Waals surface area (Å²) in [5.74, 6) is 0.789. The Morgan fingerprint density at radius 1 is 1.00 bits per heavy atom. The molecule has 0 fully saturated rings. The molecule has 0 saturated heterocycles. The second kappa shape index (κ2) is 8.55. The Labute approximate surface area is 158 Å². The Bertz CT molecular complexity index is 823. The third-order valence-electron chi connectivity index (χ3n) is 4.52. The Morgan fingerprint density at radius 3 is 2.33 bits per heavy atom. The molecule has 0 aliphatic carbocycles. The van der Waals surface area contributed by atoms with Gasteiger partial charge in [0.1, 0.15) is 0 Å². The van der Waals surface area contributed by atoms with Crippen molar-refractivity contribution >= 4 is 11.8 Å². The lowest BCUT2D eigenvalue weighted by Crippen LogP contribution is -2.47. The van der Waals surface area contributed by atoms with E-state index < -0.39 is 0 Å². The lowest BCUT2D eigenvalue weighted by atomic mass is 9.99. The molecule has 0 aromatic heterocycles. The third kappa shape index (κ3) is 4.57. The van der Waals surface area contributed by atoms with E-state index in [-0.39, 0.29) is 18.4 Å². The Kier molecular flexibility index (Phi) is 5.93. The van der Waals surface area contributed by atoms with Gasteiger partial charge in [0.15, 0.2) is 11.5 Å². The van der Waals surface area contributed by atoms with E-state index in [4.69, 9.17) is 9.47 Å². The lowest BCUT2D eigenvalue weighted by Gasteiger charge is -2.29. The average molecular weight is 369 g/mol. The molecule has 0 spiro atoms. The molecular weight excluding hydrogens is 346 g/mol. The maximum Gasteiger partial charge on any atom is 0.269 e. The zero-order valence-corrected chi connectivity index (χ0v) is 15.5. The van der Waals surface area contributed by atoms with Crippen molar-refractivity contribution in [1.29, 1.82) is 0 Å². The van der Waals surface area contributed by atoms with Crippen LogP contribution in [0.2, 0.25) is 0 Å². The highest BCUT2D eigenvalue weighted by molar-refractivity contribution is 5.95. The number of hydrogen-bond acceptors (Lipinski definition) is 5. The fourth-order valence-electron chi connectivity index (χ4n) is 3.11. The highest BCUT2D eigenvalue weighted by Crippen LogP contribution is 2.33. The average Bonchev–Trinajstić information content (AvgIpc) is 2.71. The number of hydrogen-bond donors (Lipinski definition) is 2. The van der Waals surface area contributed by atoms with E-state index in [2.05, 4.69) is 10.9 Å². The van der Waals surface area contributed by atoms with E-state index in [1.807, 2.05) is 23.1 Å². The van der Waals surface area contributed by atoms with Crippen LogP contribution in [0.15, 0.2) is 42.5 Å². The van der Waals surface area contributed by atoms with Crippen LogP contribution < -0.4 is 20.3 Å². The van der Waals surface area contributed by atoms with E-state index in [0.717, 1.165) is 18.5 Å². The molecule has 0 atom stereocenters. The van der Waals surface area contributed by atoms with E-state index in [1.54, 1.807) is 38.5 Å². The number of carbonyl (C=O) groups is 2. The molecule has 1 aliphatic heterocycles. The molecule has 2 amide bonds. The van der Waals surface area contributed by atoms with Crippen molar-refractivity contribution in [2.24, 2.45) is 0 Å². The quantitative estimate of drug-likeness (QED) is 0.782. The topological polar surface area (TPSA) is 79.9 Å². The van der Waals surface area contributed by atoms with E-state index in [0.29, 0.717) is 23.6 Å². The molecule has 7 heteroatoms. The smallest absolute Gasteiger partial charge is 0.269 e. The summed E-state index contributed by atoms with van der Waals surface area (Å²) in [6.45, 7) is 1.58. The molecule has 2 N–H and O–H groups in total. The van der Waals surface area contributed by atoms with Crippen molar-refractivity contribution < 1.29 is 19.1 Å². The minimum atomic E-state index is -0.343. The monoisotopic (exact) mass is 369 g/mol. The van der Waals surface area contributed by atoms with Gasteiger partial charge in [-0.25, -0.2) is 0 Å². The largest absolute Gasteiger partial charge is 0.493 e. The summed E-state index contributed by atoms with van der Waals surface area (Å²) < 4.78 is 10.7. The number of benzene rings is 2. The van der Waals surface area contributed by atoms with Crippen LogP contribution in [0, 0.1) is 0 Å². The molecular formula is C20H23N3O4. The van der Waals surface area contributed by atoms with Crippen LogP contribution in [0.3, 0.4) is 0 Å². The number of ether oxygens (including phenoxy) is 2. The van der Waals surface area contributed by atoms with Crippen LogP contribution in [0.25, 0.3) is 0 Å². The van der Waals surface area contributed by atoms with Gasteiger partial charge in [-0.15, -0.1) is 0 Å². The lowest BCUT2D eigenvalue weighted by molar-refractivity contribution is -0.123. The number of rotatable bonds is 5. The van der Waals surface area contributed by atoms with E-state index in [1.165, 1.54) is 5.56 Å². The third-order valence-corrected chi connectivity index (χ3v) is 4.52. The Balaban J connectivity index is 1.55. The van der Waals surface area contributed by atoms with Gasteiger partial charge < -0.3 is 9.47 Å². The van der Waals surface area contributed by atoms with Gasteiger partial charge in [0, 0.05) is 18.7 Å². The molecule has 3 rings (SSSR count). The van der Waals surface area contributed by atoms with Crippen LogP contribution in [0.5, 0.6) is 11.5 Å². The van der Waals surface area contributed by atoms with Gasteiger partial charge in [0.05, 0.1) is 20.8 Å².